The van der Waals surface area contributed by atoms with Crippen LogP contribution in [0.3, 0.4) is 0 Å². The van der Waals surface area contributed by atoms with E-state index >= 15 is 0 Å². The van der Waals surface area contributed by atoms with E-state index in [0.29, 0.717) is 11.1 Å². The fourth-order valence-corrected chi connectivity index (χ4v) is 2.88. The predicted molar refractivity (Wildman–Crippen MR) is 119 cm³/mol. The molecule has 0 saturated carbocycles. The predicted octanol–water partition coefficient (Wildman–Crippen LogP) is 3.92. The summed E-state index contributed by atoms with van der Waals surface area (Å²) in [5, 5.41) is 5.34. The quantitative estimate of drug-likeness (QED) is 0.450. The number of halogens is 1. The highest BCUT2D eigenvalue weighted by molar-refractivity contribution is 9.10. The van der Waals surface area contributed by atoms with Gasteiger partial charge >= 0.3 is 5.97 Å². The van der Waals surface area contributed by atoms with E-state index < -0.39 is 23.8 Å². The van der Waals surface area contributed by atoms with Crippen LogP contribution in [0.2, 0.25) is 0 Å². The molecule has 0 aliphatic heterocycles. The maximum atomic E-state index is 13.0. The molecule has 2 rings (SSSR count). The minimum absolute atomic E-state index is 0.0288. The number of rotatable bonds is 8. The van der Waals surface area contributed by atoms with Crippen molar-refractivity contribution in [1.29, 1.82) is 0 Å². The number of benzene rings is 2. The van der Waals surface area contributed by atoms with Gasteiger partial charge in [0, 0.05) is 10.0 Å². The molecule has 0 unspecified atom stereocenters. The van der Waals surface area contributed by atoms with Crippen LogP contribution in [0.15, 0.2) is 64.8 Å². The molecule has 0 fully saturated rings. The molecule has 0 heterocycles. The summed E-state index contributed by atoms with van der Waals surface area (Å²) in [6.45, 7) is 5.53. The Kier molecular flexibility index (Phi) is 8.80. The number of hydrogen-bond acceptors (Lipinski definition) is 4. The monoisotopic (exact) mass is 472 g/mol. The first-order valence-electron chi connectivity index (χ1n) is 9.63. The Bertz CT molecular complexity index is 909. The summed E-state index contributed by atoms with van der Waals surface area (Å²) in [7, 11) is 0. The molecule has 0 radical (unpaired) electrons. The van der Waals surface area contributed by atoms with Crippen LogP contribution in [0.1, 0.15) is 36.7 Å². The Morgan fingerprint density at radius 2 is 1.67 bits per heavy atom. The summed E-state index contributed by atoms with van der Waals surface area (Å²) >= 11 is 3.37. The molecule has 2 amide bonds. The van der Waals surface area contributed by atoms with Crippen molar-refractivity contribution in [3.8, 4) is 0 Å². The first-order chi connectivity index (χ1) is 14.3. The summed E-state index contributed by atoms with van der Waals surface area (Å²) in [5.41, 5.74) is 1.16. The zero-order valence-electron chi connectivity index (χ0n) is 17.1. The molecule has 1 atom stereocenters. The summed E-state index contributed by atoms with van der Waals surface area (Å²) < 4.78 is 5.95. The summed E-state index contributed by atoms with van der Waals surface area (Å²) in [6.07, 6.45) is 1.56. The second kappa shape index (κ2) is 11.3. The molecule has 30 heavy (non-hydrogen) atoms. The zero-order chi connectivity index (χ0) is 22.1. The Balaban J connectivity index is 2.31. The second-order valence-corrected chi connectivity index (χ2v) is 7.79. The van der Waals surface area contributed by atoms with Gasteiger partial charge in [-0.25, -0.2) is 4.79 Å². The highest BCUT2D eigenvalue weighted by atomic mass is 79.9. The third-order valence-corrected chi connectivity index (χ3v) is 4.73. The van der Waals surface area contributed by atoms with E-state index in [1.807, 2.05) is 26.0 Å². The first-order valence-corrected chi connectivity index (χ1v) is 10.4. The zero-order valence-corrected chi connectivity index (χ0v) is 18.7. The highest BCUT2D eigenvalue weighted by Crippen LogP contribution is 2.14. The summed E-state index contributed by atoms with van der Waals surface area (Å²) in [4.78, 5) is 37.9. The average molecular weight is 473 g/mol. The van der Waals surface area contributed by atoms with Crippen LogP contribution >= 0.6 is 15.9 Å². The van der Waals surface area contributed by atoms with Crippen LogP contribution in [-0.2, 0) is 14.3 Å². The van der Waals surface area contributed by atoms with Crippen LogP contribution in [0, 0.1) is 5.92 Å². The van der Waals surface area contributed by atoms with Crippen LogP contribution in [-0.4, -0.2) is 30.4 Å². The van der Waals surface area contributed by atoms with Crippen molar-refractivity contribution >= 4 is 39.8 Å². The fraction of sp³-hybridized carbons (Fsp3) is 0.261. The minimum atomic E-state index is -0.834. The van der Waals surface area contributed by atoms with Crippen molar-refractivity contribution in [3.05, 3.63) is 75.9 Å². The van der Waals surface area contributed by atoms with E-state index in [-0.39, 0.29) is 18.2 Å². The molecule has 2 aromatic carbocycles. The van der Waals surface area contributed by atoms with Gasteiger partial charge in [-0.3, -0.25) is 9.59 Å². The lowest BCUT2D eigenvalue weighted by molar-refractivity contribution is -0.148. The molecule has 7 heteroatoms. The Morgan fingerprint density at radius 1 is 1.03 bits per heavy atom. The third-order valence-electron chi connectivity index (χ3n) is 4.20. The number of amides is 2. The summed E-state index contributed by atoms with van der Waals surface area (Å²) in [5.74, 6) is -1.70. The Labute approximate surface area is 184 Å². The number of hydrogen-bond donors (Lipinski definition) is 2. The van der Waals surface area contributed by atoms with Gasteiger partial charge in [0.1, 0.15) is 11.7 Å². The molecule has 0 bridgehead atoms. The number of esters is 1. The molecular formula is C23H25BrN2O4. The molecule has 158 valence electrons. The third kappa shape index (κ3) is 6.84. The van der Waals surface area contributed by atoms with Gasteiger partial charge in [-0.05, 0) is 48.7 Å². The van der Waals surface area contributed by atoms with Gasteiger partial charge in [-0.15, -0.1) is 0 Å². The van der Waals surface area contributed by atoms with Gasteiger partial charge in [0.2, 0.25) is 0 Å². The van der Waals surface area contributed by atoms with E-state index in [1.54, 1.807) is 55.5 Å². The van der Waals surface area contributed by atoms with Gasteiger partial charge in [-0.2, -0.15) is 0 Å². The molecule has 0 aliphatic rings. The van der Waals surface area contributed by atoms with Crippen molar-refractivity contribution in [2.75, 3.05) is 6.61 Å². The lowest BCUT2D eigenvalue weighted by Crippen LogP contribution is -2.47. The van der Waals surface area contributed by atoms with Crippen molar-refractivity contribution in [1.82, 2.24) is 10.6 Å². The maximum Gasteiger partial charge on any atom is 0.328 e. The number of nitrogens with one attached hydrogen (secondary N) is 2. The maximum absolute atomic E-state index is 13.0. The smallest absolute Gasteiger partial charge is 0.328 e. The standard InChI is InChI=1S/C23H25BrN2O4/c1-4-30-23(29)20(15(2)3)26-22(28)19(14-16-10-12-18(24)13-11-16)25-21(27)17-8-6-5-7-9-17/h5-15,20H,4H2,1-3H3,(H,25,27)(H,26,28)/b19-14+/t20-/m1/s1. The van der Waals surface area contributed by atoms with E-state index in [9.17, 15) is 14.4 Å². The minimum Gasteiger partial charge on any atom is -0.464 e. The van der Waals surface area contributed by atoms with E-state index in [4.69, 9.17) is 4.74 Å². The van der Waals surface area contributed by atoms with Crippen molar-refractivity contribution in [3.63, 3.8) is 0 Å². The normalized spacial score (nSPS) is 12.2. The largest absolute Gasteiger partial charge is 0.464 e. The van der Waals surface area contributed by atoms with E-state index in [1.165, 1.54) is 0 Å². The molecule has 0 saturated heterocycles. The molecule has 0 spiro atoms. The van der Waals surface area contributed by atoms with Crippen LogP contribution in [0.5, 0.6) is 0 Å². The molecular weight excluding hydrogens is 448 g/mol. The van der Waals surface area contributed by atoms with Gasteiger partial charge < -0.3 is 15.4 Å². The SMILES string of the molecule is CCOC(=O)[C@H](NC(=O)/C(=C\c1ccc(Br)cc1)NC(=O)c1ccccc1)C(C)C. The van der Waals surface area contributed by atoms with E-state index in [0.717, 1.165) is 4.47 Å². The Hall–Kier alpha value is -2.93. The number of carbonyl (C=O) groups excluding carboxylic acids is 3. The van der Waals surface area contributed by atoms with E-state index in [2.05, 4.69) is 26.6 Å². The number of carbonyl (C=O) groups is 3. The fourth-order valence-electron chi connectivity index (χ4n) is 2.62. The number of ether oxygens (including phenoxy) is 1. The molecule has 2 aromatic rings. The molecule has 6 nitrogen and oxygen atoms in total. The molecule has 2 N–H and O–H groups in total. The average Bonchev–Trinajstić information content (AvgIpc) is 2.73. The molecule has 0 aliphatic carbocycles. The highest BCUT2D eigenvalue weighted by Gasteiger charge is 2.27. The lowest BCUT2D eigenvalue weighted by atomic mass is 10.0. The lowest BCUT2D eigenvalue weighted by Gasteiger charge is -2.21. The molecule has 0 aromatic heterocycles. The van der Waals surface area contributed by atoms with Crippen LogP contribution in [0.25, 0.3) is 6.08 Å². The van der Waals surface area contributed by atoms with Crippen molar-refractivity contribution < 1.29 is 19.1 Å². The van der Waals surface area contributed by atoms with Gasteiger partial charge in [0.25, 0.3) is 11.8 Å². The summed E-state index contributed by atoms with van der Waals surface area (Å²) in [6, 6.07) is 15.0. The van der Waals surface area contributed by atoms with Crippen LogP contribution in [0.4, 0.5) is 0 Å². The van der Waals surface area contributed by atoms with Gasteiger partial charge in [0.05, 0.1) is 6.61 Å². The van der Waals surface area contributed by atoms with Gasteiger partial charge in [0.15, 0.2) is 0 Å². The Morgan fingerprint density at radius 3 is 2.23 bits per heavy atom. The van der Waals surface area contributed by atoms with Gasteiger partial charge in [-0.1, -0.05) is 60.1 Å². The van der Waals surface area contributed by atoms with Crippen LogP contribution < -0.4 is 10.6 Å². The topological polar surface area (TPSA) is 84.5 Å². The second-order valence-electron chi connectivity index (χ2n) is 6.88. The van der Waals surface area contributed by atoms with Crippen molar-refractivity contribution in [2.24, 2.45) is 5.92 Å². The van der Waals surface area contributed by atoms with Crippen molar-refractivity contribution in [2.45, 2.75) is 26.8 Å². The first kappa shape index (κ1) is 23.3.